The zero-order valence-electron chi connectivity index (χ0n) is 20.2. The summed E-state index contributed by atoms with van der Waals surface area (Å²) in [7, 11) is 2.93. The molecule has 1 saturated heterocycles. The highest BCUT2D eigenvalue weighted by Gasteiger charge is 2.44. The van der Waals surface area contributed by atoms with Crippen LogP contribution in [-0.4, -0.2) is 38.3 Å². The molecule has 2 atom stereocenters. The third-order valence-corrected chi connectivity index (χ3v) is 6.67. The van der Waals surface area contributed by atoms with Crippen LogP contribution in [0, 0.1) is 10.1 Å². The van der Waals surface area contributed by atoms with Crippen LogP contribution in [0.25, 0.3) is 0 Å². The molecule has 0 aromatic heterocycles. The highest BCUT2D eigenvalue weighted by Crippen LogP contribution is 2.40. The van der Waals surface area contributed by atoms with Crippen molar-refractivity contribution < 1.29 is 23.9 Å². The number of nitrogens with zero attached hydrogens (tertiary/aromatic N) is 1. The molecule has 1 aliphatic rings. The molecule has 1 aliphatic heterocycles. The van der Waals surface area contributed by atoms with E-state index < -0.39 is 16.6 Å². The molecular weight excluding hydrogens is 484 g/mol. The van der Waals surface area contributed by atoms with E-state index >= 15 is 0 Å². The Bertz CT molecular complexity index is 1170. The van der Waals surface area contributed by atoms with Crippen molar-refractivity contribution in [3.63, 3.8) is 0 Å². The molecule has 3 aromatic rings. The molecule has 0 saturated carbocycles. The summed E-state index contributed by atoms with van der Waals surface area (Å²) in [4.78, 5) is 11.3. The van der Waals surface area contributed by atoms with Gasteiger partial charge in [-0.15, -0.1) is 0 Å². The first-order valence-electron chi connectivity index (χ1n) is 11.6. The molecule has 8 nitrogen and oxygen atoms in total. The molecule has 0 amide bonds. The van der Waals surface area contributed by atoms with Crippen molar-refractivity contribution in [2.45, 2.75) is 31.3 Å². The van der Waals surface area contributed by atoms with Crippen molar-refractivity contribution in [1.82, 2.24) is 5.32 Å². The van der Waals surface area contributed by atoms with Gasteiger partial charge in [0, 0.05) is 11.6 Å². The third-order valence-electron chi connectivity index (χ3n) is 6.42. The molecular formula is C27H29ClN2O6. The second-order valence-corrected chi connectivity index (χ2v) is 8.95. The van der Waals surface area contributed by atoms with Gasteiger partial charge in [-0.05, 0) is 42.3 Å². The van der Waals surface area contributed by atoms with E-state index in [1.807, 2.05) is 54.6 Å². The molecule has 2 unspecified atom stereocenters. The minimum atomic E-state index is -0.781. The Hall–Kier alpha value is -3.17. The molecule has 4 rings (SSSR count). The minimum Gasteiger partial charge on any atom is -0.493 e. The lowest BCUT2D eigenvalue weighted by Gasteiger charge is -2.44. The third kappa shape index (κ3) is 5.63. The van der Waals surface area contributed by atoms with Crippen molar-refractivity contribution >= 4 is 17.3 Å². The zero-order valence-corrected chi connectivity index (χ0v) is 21.0. The van der Waals surface area contributed by atoms with Crippen LogP contribution in [0.1, 0.15) is 23.1 Å². The van der Waals surface area contributed by atoms with Gasteiger partial charge in [0.1, 0.15) is 11.7 Å². The first kappa shape index (κ1) is 25.9. The maximum atomic E-state index is 11.8. The fourth-order valence-electron chi connectivity index (χ4n) is 4.51. The molecule has 0 aliphatic carbocycles. The summed E-state index contributed by atoms with van der Waals surface area (Å²) in [6.45, 7) is 1.62. The van der Waals surface area contributed by atoms with Gasteiger partial charge in [0.25, 0.3) is 5.69 Å². The Kier molecular flexibility index (Phi) is 8.43. The lowest BCUT2D eigenvalue weighted by molar-refractivity contribution is -0.386. The Morgan fingerprint density at radius 2 is 1.72 bits per heavy atom. The van der Waals surface area contributed by atoms with E-state index in [0.29, 0.717) is 35.9 Å². The Morgan fingerprint density at radius 3 is 2.39 bits per heavy atom. The summed E-state index contributed by atoms with van der Waals surface area (Å²) >= 11 is 6.18. The number of nitro benzene ring substituents is 1. The average molecular weight is 513 g/mol. The van der Waals surface area contributed by atoms with Gasteiger partial charge in [0.15, 0.2) is 11.5 Å². The van der Waals surface area contributed by atoms with Crippen LogP contribution >= 0.6 is 11.6 Å². The van der Waals surface area contributed by atoms with Gasteiger partial charge in [-0.25, -0.2) is 0 Å². The van der Waals surface area contributed by atoms with Crippen LogP contribution in [0.15, 0.2) is 66.7 Å². The number of methoxy groups -OCH3 is 2. The molecule has 0 spiro atoms. The van der Waals surface area contributed by atoms with E-state index in [2.05, 4.69) is 5.32 Å². The number of hydrogen-bond acceptors (Lipinski definition) is 7. The van der Waals surface area contributed by atoms with Gasteiger partial charge in [-0.1, -0.05) is 54.1 Å². The molecule has 190 valence electrons. The fraction of sp³-hybridized carbons (Fsp3) is 0.333. The summed E-state index contributed by atoms with van der Waals surface area (Å²) < 4.78 is 23.7. The largest absolute Gasteiger partial charge is 0.493 e. The van der Waals surface area contributed by atoms with E-state index in [1.165, 1.54) is 20.3 Å². The quantitative estimate of drug-likeness (QED) is 0.293. The summed E-state index contributed by atoms with van der Waals surface area (Å²) in [5.41, 5.74) is 1.49. The minimum absolute atomic E-state index is 0.00689. The average Bonchev–Trinajstić information content (AvgIpc) is 2.91. The number of nitrogens with one attached hydrogen (secondary N) is 1. The number of halogens is 1. The van der Waals surface area contributed by atoms with Crippen LogP contribution < -0.4 is 14.8 Å². The van der Waals surface area contributed by atoms with Gasteiger partial charge in [0.05, 0.1) is 44.0 Å². The predicted molar refractivity (Wildman–Crippen MR) is 137 cm³/mol. The molecule has 1 N–H and O–H groups in total. The highest BCUT2D eigenvalue weighted by molar-refractivity contribution is 6.30. The van der Waals surface area contributed by atoms with Gasteiger partial charge < -0.3 is 24.3 Å². The number of nitro groups is 1. The van der Waals surface area contributed by atoms with Gasteiger partial charge in [-0.3, -0.25) is 10.1 Å². The lowest BCUT2D eigenvalue weighted by atomic mass is 9.82. The zero-order chi connectivity index (χ0) is 25.5. The number of benzene rings is 3. The SMILES string of the molecule is COc1cc(COC2CNCCC2(OCc2ccccc2)c2ccc(Cl)cc2)c([N+](=O)[O-])cc1OC. The standard InChI is InChI=1S/C27H29ClN2O6/c1-33-24-14-20(23(30(31)32)15-25(24)34-2)18-35-26-16-29-13-12-27(26,21-8-10-22(28)11-9-21)36-17-19-6-4-3-5-7-19/h3-11,14-15,26,29H,12-13,16-18H2,1-2H3. The Balaban J connectivity index is 1.66. The van der Waals surface area contributed by atoms with E-state index in [4.69, 9.17) is 30.5 Å². The highest BCUT2D eigenvalue weighted by atomic mass is 35.5. The van der Waals surface area contributed by atoms with E-state index in [-0.39, 0.29) is 18.0 Å². The number of piperidine rings is 1. The van der Waals surface area contributed by atoms with Crippen molar-refractivity contribution in [2.75, 3.05) is 27.3 Å². The van der Waals surface area contributed by atoms with Crippen molar-refractivity contribution in [1.29, 1.82) is 0 Å². The summed E-state index contributed by atoms with van der Waals surface area (Å²) in [5, 5.41) is 15.8. The number of ether oxygens (including phenoxy) is 4. The molecule has 0 bridgehead atoms. The monoisotopic (exact) mass is 512 g/mol. The second kappa shape index (κ2) is 11.7. The predicted octanol–water partition coefficient (Wildman–Crippen LogP) is 5.26. The number of hydrogen-bond donors (Lipinski definition) is 1. The fourth-order valence-corrected chi connectivity index (χ4v) is 4.64. The molecule has 0 radical (unpaired) electrons. The maximum absolute atomic E-state index is 11.8. The van der Waals surface area contributed by atoms with E-state index in [9.17, 15) is 10.1 Å². The topological polar surface area (TPSA) is 92.1 Å². The van der Waals surface area contributed by atoms with Crippen LogP contribution in [0.4, 0.5) is 5.69 Å². The molecule has 1 fully saturated rings. The van der Waals surface area contributed by atoms with Gasteiger partial charge in [0.2, 0.25) is 0 Å². The van der Waals surface area contributed by atoms with Crippen molar-refractivity contribution in [3.8, 4) is 11.5 Å². The Labute approximate surface area is 215 Å². The molecule has 9 heteroatoms. The van der Waals surface area contributed by atoms with E-state index in [0.717, 1.165) is 17.7 Å². The lowest BCUT2D eigenvalue weighted by Crippen LogP contribution is -2.54. The summed E-state index contributed by atoms with van der Waals surface area (Å²) in [6, 6.07) is 20.5. The normalized spacial score (nSPS) is 19.6. The maximum Gasteiger partial charge on any atom is 0.278 e. The molecule has 1 heterocycles. The van der Waals surface area contributed by atoms with Crippen LogP contribution in [0.2, 0.25) is 5.02 Å². The van der Waals surface area contributed by atoms with Gasteiger partial charge >= 0.3 is 0 Å². The van der Waals surface area contributed by atoms with Gasteiger partial charge in [-0.2, -0.15) is 0 Å². The first-order chi connectivity index (χ1) is 17.5. The van der Waals surface area contributed by atoms with Crippen LogP contribution in [0.3, 0.4) is 0 Å². The summed E-state index contributed by atoms with van der Waals surface area (Å²) in [6.07, 6.45) is 0.226. The van der Waals surface area contributed by atoms with Crippen LogP contribution in [-0.2, 0) is 28.3 Å². The second-order valence-electron chi connectivity index (χ2n) is 8.52. The summed E-state index contributed by atoms with van der Waals surface area (Å²) in [5.74, 6) is 0.682. The smallest absolute Gasteiger partial charge is 0.278 e. The number of rotatable bonds is 10. The van der Waals surface area contributed by atoms with Crippen molar-refractivity contribution in [2.24, 2.45) is 0 Å². The van der Waals surface area contributed by atoms with Crippen LogP contribution in [0.5, 0.6) is 11.5 Å². The van der Waals surface area contributed by atoms with E-state index in [1.54, 1.807) is 6.07 Å². The molecule has 36 heavy (non-hydrogen) atoms. The Morgan fingerprint density at radius 1 is 1.03 bits per heavy atom. The first-order valence-corrected chi connectivity index (χ1v) is 12.0. The molecule has 3 aromatic carbocycles. The van der Waals surface area contributed by atoms with Crippen molar-refractivity contribution in [3.05, 3.63) is 98.6 Å².